The molecule has 0 spiro atoms. The highest BCUT2D eigenvalue weighted by atomic mass is 16.3. The minimum atomic E-state index is -0.415. The second kappa shape index (κ2) is 5.90. The van der Waals surface area contributed by atoms with Gasteiger partial charge in [-0.3, -0.25) is 9.59 Å². The molecule has 0 bridgehead atoms. The van der Waals surface area contributed by atoms with Crippen molar-refractivity contribution >= 4 is 11.8 Å². The van der Waals surface area contributed by atoms with E-state index in [0.29, 0.717) is 19.5 Å². The summed E-state index contributed by atoms with van der Waals surface area (Å²) >= 11 is 0. The zero-order valence-corrected chi connectivity index (χ0v) is 11.8. The molecule has 5 heteroatoms. The number of likely N-dealkylation sites (tertiary alicyclic amines) is 1. The monoisotopic (exact) mass is 268 g/mol. The third kappa shape index (κ3) is 2.91. The normalized spacial score (nSPS) is 31.6. The molecule has 2 amide bonds. The van der Waals surface area contributed by atoms with Crippen molar-refractivity contribution in [3.8, 4) is 0 Å². The van der Waals surface area contributed by atoms with Crippen LogP contribution in [0.2, 0.25) is 0 Å². The number of nitrogens with zero attached hydrogens (tertiary/aromatic N) is 2. The van der Waals surface area contributed by atoms with Crippen LogP contribution in [-0.4, -0.2) is 59.0 Å². The molecule has 0 radical (unpaired) electrons. The Balaban J connectivity index is 1.97. The molecule has 1 N–H and O–H groups in total. The highest BCUT2D eigenvalue weighted by Crippen LogP contribution is 2.26. The van der Waals surface area contributed by atoms with Crippen LogP contribution in [0.15, 0.2) is 0 Å². The first-order valence-electron chi connectivity index (χ1n) is 7.27. The van der Waals surface area contributed by atoms with Crippen molar-refractivity contribution in [2.75, 3.05) is 20.1 Å². The lowest BCUT2D eigenvalue weighted by Crippen LogP contribution is -2.48. The van der Waals surface area contributed by atoms with E-state index in [1.165, 1.54) is 0 Å². The fraction of sp³-hybridized carbons (Fsp3) is 0.857. The van der Waals surface area contributed by atoms with Crippen molar-refractivity contribution in [2.24, 2.45) is 5.92 Å². The van der Waals surface area contributed by atoms with Gasteiger partial charge in [0.2, 0.25) is 11.8 Å². The molecular weight excluding hydrogens is 244 g/mol. The van der Waals surface area contributed by atoms with Crippen molar-refractivity contribution < 1.29 is 14.7 Å². The van der Waals surface area contributed by atoms with Gasteiger partial charge in [-0.1, -0.05) is 12.8 Å². The van der Waals surface area contributed by atoms with Gasteiger partial charge in [-0.2, -0.15) is 0 Å². The minimum absolute atomic E-state index is 0.00949. The minimum Gasteiger partial charge on any atom is -0.391 e. The number of aliphatic hydroxyl groups is 1. The zero-order valence-electron chi connectivity index (χ0n) is 11.8. The lowest BCUT2D eigenvalue weighted by molar-refractivity contribution is -0.139. The summed E-state index contributed by atoms with van der Waals surface area (Å²) in [6.45, 7) is 3.12. The van der Waals surface area contributed by atoms with Crippen molar-refractivity contribution in [1.29, 1.82) is 0 Å². The van der Waals surface area contributed by atoms with E-state index in [4.69, 9.17) is 0 Å². The van der Waals surface area contributed by atoms with E-state index in [0.717, 1.165) is 25.7 Å². The average Bonchev–Trinajstić information content (AvgIpc) is 2.79. The topological polar surface area (TPSA) is 60.9 Å². The molecule has 0 aromatic heterocycles. The standard InChI is InChI=1S/C14H24N2O3/c1-3-16-9-10(8-13(16)18)14(19)15(2)11-6-4-5-7-12(11)17/h10-12,17H,3-9H2,1-2H3. The summed E-state index contributed by atoms with van der Waals surface area (Å²) in [6.07, 6.45) is 3.63. The van der Waals surface area contributed by atoms with E-state index >= 15 is 0 Å². The maximum atomic E-state index is 12.4. The number of hydrogen-bond donors (Lipinski definition) is 1. The molecule has 2 rings (SSSR count). The van der Waals surface area contributed by atoms with E-state index < -0.39 is 6.10 Å². The number of likely N-dealkylation sites (N-methyl/N-ethyl adjacent to an activating group) is 1. The summed E-state index contributed by atoms with van der Waals surface area (Å²) < 4.78 is 0. The van der Waals surface area contributed by atoms with E-state index in [-0.39, 0.29) is 23.8 Å². The Hall–Kier alpha value is -1.10. The fourth-order valence-electron chi connectivity index (χ4n) is 3.24. The Bertz CT molecular complexity index is 359. The van der Waals surface area contributed by atoms with Crippen molar-refractivity contribution in [2.45, 2.75) is 51.2 Å². The van der Waals surface area contributed by atoms with Crippen LogP contribution in [-0.2, 0) is 9.59 Å². The molecule has 5 nitrogen and oxygen atoms in total. The number of rotatable bonds is 3. The molecule has 0 aromatic rings. The van der Waals surface area contributed by atoms with E-state index in [1.54, 1.807) is 16.8 Å². The van der Waals surface area contributed by atoms with Crippen molar-refractivity contribution in [3.05, 3.63) is 0 Å². The SMILES string of the molecule is CCN1CC(C(=O)N(C)C2CCCCC2O)CC1=O. The summed E-state index contributed by atoms with van der Waals surface area (Å²) in [5, 5.41) is 10.0. The largest absolute Gasteiger partial charge is 0.391 e. The first-order chi connectivity index (χ1) is 9.04. The average molecular weight is 268 g/mol. The Morgan fingerprint density at radius 2 is 2.11 bits per heavy atom. The van der Waals surface area contributed by atoms with Crippen LogP contribution < -0.4 is 0 Å². The van der Waals surface area contributed by atoms with E-state index in [1.807, 2.05) is 6.92 Å². The number of carbonyl (C=O) groups excluding carboxylic acids is 2. The molecule has 1 aliphatic carbocycles. The molecular formula is C14H24N2O3. The highest BCUT2D eigenvalue weighted by Gasteiger charge is 2.38. The van der Waals surface area contributed by atoms with Gasteiger partial charge in [0.05, 0.1) is 18.1 Å². The lowest BCUT2D eigenvalue weighted by atomic mass is 9.91. The second-order valence-corrected chi connectivity index (χ2v) is 5.70. The van der Waals surface area contributed by atoms with Crippen LogP contribution in [0, 0.1) is 5.92 Å². The van der Waals surface area contributed by atoms with Gasteiger partial charge in [-0.05, 0) is 19.8 Å². The third-order valence-corrected chi connectivity index (χ3v) is 4.48. The molecule has 108 valence electrons. The number of carbonyl (C=O) groups is 2. The van der Waals surface area contributed by atoms with Crippen LogP contribution in [0.4, 0.5) is 0 Å². The summed E-state index contributed by atoms with van der Waals surface area (Å²) in [7, 11) is 1.76. The molecule has 19 heavy (non-hydrogen) atoms. The van der Waals surface area contributed by atoms with Crippen molar-refractivity contribution in [1.82, 2.24) is 9.80 Å². The molecule has 3 atom stereocenters. The summed E-state index contributed by atoms with van der Waals surface area (Å²) in [5.41, 5.74) is 0. The number of aliphatic hydroxyl groups excluding tert-OH is 1. The van der Waals surface area contributed by atoms with Crippen LogP contribution >= 0.6 is 0 Å². The lowest BCUT2D eigenvalue weighted by Gasteiger charge is -2.36. The van der Waals surface area contributed by atoms with Crippen LogP contribution in [0.1, 0.15) is 39.0 Å². The van der Waals surface area contributed by atoms with Gasteiger partial charge in [0, 0.05) is 26.6 Å². The van der Waals surface area contributed by atoms with Gasteiger partial charge in [0.25, 0.3) is 0 Å². The molecule has 3 unspecified atom stereocenters. The smallest absolute Gasteiger partial charge is 0.228 e. The zero-order chi connectivity index (χ0) is 14.0. The van der Waals surface area contributed by atoms with Gasteiger partial charge in [0.1, 0.15) is 0 Å². The molecule has 1 saturated heterocycles. The fourth-order valence-corrected chi connectivity index (χ4v) is 3.24. The molecule has 1 heterocycles. The second-order valence-electron chi connectivity index (χ2n) is 5.70. The first kappa shape index (κ1) is 14.3. The van der Waals surface area contributed by atoms with Crippen LogP contribution in [0.5, 0.6) is 0 Å². The first-order valence-corrected chi connectivity index (χ1v) is 7.27. The maximum Gasteiger partial charge on any atom is 0.228 e. The van der Waals surface area contributed by atoms with Crippen LogP contribution in [0.25, 0.3) is 0 Å². The molecule has 1 saturated carbocycles. The quantitative estimate of drug-likeness (QED) is 0.816. The van der Waals surface area contributed by atoms with E-state index in [2.05, 4.69) is 0 Å². The highest BCUT2D eigenvalue weighted by molar-refractivity contribution is 5.89. The predicted molar refractivity (Wildman–Crippen MR) is 71.4 cm³/mol. The van der Waals surface area contributed by atoms with Gasteiger partial charge in [-0.15, -0.1) is 0 Å². The number of amides is 2. The summed E-state index contributed by atoms with van der Waals surface area (Å²) in [5.74, 6) is -0.153. The van der Waals surface area contributed by atoms with Gasteiger partial charge < -0.3 is 14.9 Å². The Morgan fingerprint density at radius 1 is 1.42 bits per heavy atom. The van der Waals surface area contributed by atoms with Crippen LogP contribution in [0.3, 0.4) is 0 Å². The van der Waals surface area contributed by atoms with Crippen molar-refractivity contribution in [3.63, 3.8) is 0 Å². The van der Waals surface area contributed by atoms with Gasteiger partial charge >= 0.3 is 0 Å². The Labute approximate surface area is 114 Å². The Morgan fingerprint density at radius 3 is 2.68 bits per heavy atom. The maximum absolute atomic E-state index is 12.4. The molecule has 0 aromatic carbocycles. The van der Waals surface area contributed by atoms with Gasteiger partial charge in [0.15, 0.2) is 0 Å². The van der Waals surface area contributed by atoms with E-state index in [9.17, 15) is 14.7 Å². The van der Waals surface area contributed by atoms with Gasteiger partial charge in [-0.25, -0.2) is 0 Å². The summed E-state index contributed by atoms with van der Waals surface area (Å²) in [4.78, 5) is 27.5. The molecule has 2 aliphatic rings. The summed E-state index contributed by atoms with van der Waals surface area (Å²) in [6, 6.07) is -0.0768. The predicted octanol–water partition coefficient (Wildman–Crippen LogP) is 0.617. The third-order valence-electron chi connectivity index (χ3n) is 4.48. The number of hydrogen-bond acceptors (Lipinski definition) is 3. The molecule has 2 fully saturated rings. The molecule has 1 aliphatic heterocycles. The Kier molecular flexibility index (Phi) is 4.45.